The largest absolute Gasteiger partial charge is 0.357 e. The molecule has 1 aromatic heterocycles. The molecule has 1 aliphatic carbocycles. The molecule has 1 saturated carbocycles. The van der Waals surface area contributed by atoms with E-state index in [0.717, 1.165) is 70.3 Å². The van der Waals surface area contributed by atoms with Gasteiger partial charge in [0.05, 0.1) is 6.54 Å². The van der Waals surface area contributed by atoms with Crippen molar-refractivity contribution >= 4 is 35.9 Å². The molecule has 26 heavy (non-hydrogen) atoms. The van der Waals surface area contributed by atoms with Crippen LogP contribution < -0.4 is 10.2 Å². The van der Waals surface area contributed by atoms with Gasteiger partial charge in [-0.05, 0) is 32.4 Å². The fourth-order valence-corrected chi connectivity index (χ4v) is 3.32. The van der Waals surface area contributed by atoms with E-state index < -0.39 is 0 Å². The molecule has 8 heteroatoms. The van der Waals surface area contributed by atoms with Crippen molar-refractivity contribution in [1.29, 1.82) is 0 Å². The highest BCUT2D eigenvalue weighted by Gasteiger charge is 2.27. The van der Waals surface area contributed by atoms with Crippen molar-refractivity contribution in [2.75, 3.05) is 57.3 Å². The average Bonchev–Trinajstić information content (AvgIpc) is 3.50. The van der Waals surface area contributed by atoms with Gasteiger partial charge in [0.2, 0.25) is 5.95 Å². The summed E-state index contributed by atoms with van der Waals surface area (Å²) in [5.41, 5.74) is 0. The Morgan fingerprint density at radius 3 is 2.46 bits per heavy atom. The summed E-state index contributed by atoms with van der Waals surface area (Å²) in [6.45, 7) is 12.1. The topological polar surface area (TPSA) is 59.9 Å². The lowest BCUT2D eigenvalue weighted by atomic mass is 10.3. The molecule has 1 saturated heterocycles. The summed E-state index contributed by atoms with van der Waals surface area (Å²) in [5.74, 6) is 1.87. The number of nitrogens with zero attached hydrogens (tertiary/aromatic N) is 6. The number of hydrogen-bond donors (Lipinski definition) is 1. The van der Waals surface area contributed by atoms with Gasteiger partial charge in [0.25, 0.3) is 0 Å². The first kappa shape index (κ1) is 21.1. The fourth-order valence-electron chi connectivity index (χ4n) is 3.32. The number of aliphatic imine (C=N–C) groups is 1. The number of anilines is 1. The highest BCUT2D eigenvalue weighted by atomic mass is 127. The molecule has 0 amide bonds. The summed E-state index contributed by atoms with van der Waals surface area (Å²) in [7, 11) is 0. The molecular formula is C18H32IN7. The molecule has 2 heterocycles. The normalized spacial score (nSPS) is 18.0. The van der Waals surface area contributed by atoms with Crippen molar-refractivity contribution in [1.82, 2.24) is 25.1 Å². The molecule has 1 aliphatic heterocycles. The molecule has 0 radical (unpaired) electrons. The second-order valence-corrected chi connectivity index (χ2v) is 6.62. The predicted molar refractivity (Wildman–Crippen MR) is 117 cm³/mol. The zero-order valence-corrected chi connectivity index (χ0v) is 18.3. The lowest BCUT2D eigenvalue weighted by Crippen LogP contribution is -2.53. The van der Waals surface area contributed by atoms with Crippen LogP contribution in [0.15, 0.2) is 23.5 Å². The Kier molecular flexibility index (Phi) is 8.83. The van der Waals surface area contributed by atoms with Crippen LogP contribution in [0.2, 0.25) is 0 Å². The van der Waals surface area contributed by atoms with Crippen LogP contribution in [0.4, 0.5) is 5.95 Å². The van der Waals surface area contributed by atoms with Crippen LogP contribution in [0.25, 0.3) is 0 Å². The molecule has 146 valence electrons. The molecule has 0 aromatic carbocycles. The van der Waals surface area contributed by atoms with E-state index in [-0.39, 0.29) is 24.0 Å². The molecule has 1 aromatic rings. The van der Waals surface area contributed by atoms with Crippen LogP contribution in [0.3, 0.4) is 0 Å². The van der Waals surface area contributed by atoms with Gasteiger partial charge in [-0.1, -0.05) is 6.92 Å². The second kappa shape index (κ2) is 10.9. The maximum Gasteiger partial charge on any atom is 0.225 e. The van der Waals surface area contributed by atoms with Gasteiger partial charge in [0, 0.05) is 57.7 Å². The minimum atomic E-state index is 0. The molecule has 2 aliphatic rings. The van der Waals surface area contributed by atoms with Gasteiger partial charge in [-0.2, -0.15) is 0 Å². The Morgan fingerprint density at radius 1 is 1.19 bits per heavy atom. The Bertz CT molecular complexity index is 542. The van der Waals surface area contributed by atoms with Gasteiger partial charge in [0.15, 0.2) is 5.96 Å². The van der Waals surface area contributed by atoms with E-state index >= 15 is 0 Å². The molecule has 0 atom stereocenters. The Hall–Kier alpha value is -1.16. The first-order valence-corrected chi connectivity index (χ1v) is 9.61. The van der Waals surface area contributed by atoms with Crippen LogP contribution in [0.5, 0.6) is 0 Å². The van der Waals surface area contributed by atoms with Crippen molar-refractivity contribution in [2.24, 2.45) is 4.99 Å². The summed E-state index contributed by atoms with van der Waals surface area (Å²) in [6, 6.07) is 2.67. The Morgan fingerprint density at radius 2 is 1.88 bits per heavy atom. The molecule has 7 nitrogen and oxygen atoms in total. The zero-order chi connectivity index (χ0) is 17.5. The monoisotopic (exact) mass is 473 g/mol. The average molecular weight is 473 g/mol. The highest BCUT2D eigenvalue weighted by Crippen LogP contribution is 2.25. The number of nitrogens with one attached hydrogen (secondary N) is 1. The third-order valence-electron chi connectivity index (χ3n) is 4.87. The number of hydrogen-bond acceptors (Lipinski definition) is 5. The SMILES string of the molecule is CCNC(=NCCN(CC)C1CC1)N1CCN(c2ncccn2)CC1.I. The number of rotatable bonds is 7. The number of guanidine groups is 1. The van der Waals surface area contributed by atoms with Crippen LogP contribution in [-0.2, 0) is 0 Å². The third-order valence-corrected chi connectivity index (χ3v) is 4.87. The van der Waals surface area contributed by atoms with Gasteiger partial charge in [0.1, 0.15) is 0 Å². The molecular weight excluding hydrogens is 441 g/mol. The number of aromatic nitrogens is 2. The van der Waals surface area contributed by atoms with Gasteiger partial charge in [-0.25, -0.2) is 9.97 Å². The van der Waals surface area contributed by atoms with Gasteiger partial charge >= 0.3 is 0 Å². The minimum absolute atomic E-state index is 0. The quantitative estimate of drug-likeness (QED) is 0.370. The van der Waals surface area contributed by atoms with E-state index in [0.29, 0.717) is 0 Å². The van der Waals surface area contributed by atoms with Crippen LogP contribution >= 0.6 is 24.0 Å². The van der Waals surface area contributed by atoms with E-state index in [4.69, 9.17) is 4.99 Å². The molecule has 0 unspecified atom stereocenters. The minimum Gasteiger partial charge on any atom is -0.357 e. The maximum absolute atomic E-state index is 4.87. The summed E-state index contributed by atoms with van der Waals surface area (Å²) < 4.78 is 0. The van der Waals surface area contributed by atoms with Gasteiger partial charge in [-0.3, -0.25) is 9.89 Å². The third kappa shape index (κ3) is 5.94. The fraction of sp³-hybridized carbons (Fsp3) is 0.722. The Labute approximate surface area is 174 Å². The lowest BCUT2D eigenvalue weighted by Gasteiger charge is -2.36. The first-order chi connectivity index (χ1) is 12.3. The smallest absolute Gasteiger partial charge is 0.225 e. The van der Waals surface area contributed by atoms with Crippen molar-refractivity contribution in [3.05, 3.63) is 18.5 Å². The molecule has 0 bridgehead atoms. The summed E-state index contributed by atoms with van der Waals surface area (Å²) in [4.78, 5) is 20.7. The summed E-state index contributed by atoms with van der Waals surface area (Å²) in [6.07, 6.45) is 6.33. The molecule has 3 rings (SSSR count). The predicted octanol–water partition coefficient (Wildman–Crippen LogP) is 1.67. The lowest BCUT2D eigenvalue weighted by molar-refractivity contribution is 0.285. The van der Waals surface area contributed by atoms with Gasteiger partial charge in [-0.15, -0.1) is 24.0 Å². The zero-order valence-electron chi connectivity index (χ0n) is 16.0. The van der Waals surface area contributed by atoms with Crippen molar-refractivity contribution in [3.8, 4) is 0 Å². The van der Waals surface area contributed by atoms with E-state index in [1.54, 1.807) is 12.4 Å². The molecule has 1 N–H and O–H groups in total. The van der Waals surface area contributed by atoms with E-state index in [2.05, 4.69) is 43.8 Å². The Balaban J connectivity index is 0.00000243. The van der Waals surface area contributed by atoms with E-state index in [9.17, 15) is 0 Å². The van der Waals surface area contributed by atoms with Crippen LogP contribution in [-0.4, -0.2) is 84.1 Å². The maximum atomic E-state index is 4.87. The highest BCUT2D eigenvalue weighted by molar-refractivity contribution is 14.0. The van der Waals surface area contributed by atoms with Crippen molar-refractivity contribution in [3.63, 3.8) is 0 Å². The number of likely N-dealkylation sites (N-methyl/N-ethyl adjacent to an activating group) is 1. The van der Waals surface area contributed by atoms with Crippen molar-refractivity contribution in [2.45, 2.75) is 32.7 Å². The second-order valence-electron chi connectivity index (χ2n) is 6.62. The first-order valence-electron chi connectivity index (χ1n) is 9.61. The summed E-state index contributed by atoms with van der Waals surface area (Å²) in [5, 5.41) is 3.45. The summed E-state index contributed by atoms with van der Waals surface area (Å²) >= 11 is 0. The van der Waals surface area contributed by atoms with Gasteiger partial charge < -0.3 is 15.1 Å². The number of piperazine rings is 1. The standard InChI is InChI=1S/C18H31N7.HI/c1-3-19-17(22-10-11-23(4-2)16-6-7-16)24-12-14-25(15-13-24)18-20-8-5-9-21-18;/h5,8-9,16H,3-4,6-7,10-15H2,1-2H3,(H,19,22);1H. The molecule has 2 fully saturated rings. The van der Waals surface area contributed by atoms with E-state index in [1.807, 2.05) is 6.07 Å². The van der Waals surface area contributed by atoms with Crippen LogP contribution in [0.1, 0.15) is 26.7 Å². The molecule has 0 spiro atoms. The number of halogens is 1. The van der Waals surface area contributed by atoms with E-state index in [1.165, 1.54) is 12.8 Å². The van der Waals surface area contributed by atoms with Crippen LogP contribution in [0, 0.1) is 0 Å². The van der Waals surface area contributed by atoms with Crippen molar-refractivity contribution < 1.29 is 0 Å².